The molecule has 1 saturated heterocycles. The van der Waals surface area contributed by atoms with Gasteiger partial charge in [-0.05, 0) is 24.7 Å². The SMILES string of the molecule is OC[C@@H](O)[C@H]1OC[C@@H]2CC[C@@H]21. The van der Waals surface area contributed by atoms with Crippen molar-refractivity contribution in [3.8, 4) is 0 Å². The van der Waals surface area contributed by atoms with E-state index >= 15 is 0 Å². The third-order valence-electron chi connectivity index (χ3n) is 2.97. The zero-order chi connectivity index (χ0) is 7.84. The molecule has 2 aliphatic rings. The lowest BCUT2D eigenvalue weighted by Gasteiger charge is -2.33. The van der Waals surface area contributed by atoms with Crippen molar-refractivity contribution in [1.82, 2.24) is 0 Å². The molecule has 1 saturated carbocycles. The number of fused-ring (bicyclic) bond motifs is 1. The van der Waals surface area contributed by atoms with Crippen LogP contribution in [0.1, 0.15) is 12.8 Å². The number of rotatable bonds is 2. The van der Waals surface area contributed by atoms with E-state index in [0.29, 0.717) is 11.8 Å². The van der Waals surface area contributed by atoms with Crippen LogP contribution in [0.15, 0.2) is 0 Å². The Morgan fingerprint density at radius 2 is 2.27 bits per heavy atom. The molecular formula is C8H14O3. The highest BCUT2D eigenvalue weighted by molar-refractivity contribution is 4.94. The van der Waals surface area contributed by atoms with Crippen LogP contribution in [0.5, 0.6) is 0 Å². The highest BCUT2D eigenvalue weighted by Crippen LogP contribution is 2.44. The van der Waals surface area contributed by atoms with Gasteiger partial charge in [0.25, 0.3) is 0 Å². The lowest BCUT2D eigenvalue weighted by Crippen LogP contribution is -2.38. The Morgan fingerprint density at radius 3 is 2.73 bits per heavy atom. The van der Waals surface area contributed by atoms with Gasteiger partial charge in [-0.1, -0.05) is 0 Å². The van der Waals surface area contributed by atoms with Crippen LogP contribution in [0.3, 0.4) is 0 Å². The second-order valence-electron chi connectivity index (χ2n) is 3.55. The molecule has 64 valence electrons. The van der Waals surface area contributed by atoms with Crippen LogP contribution >= 0.6 is 0 Å². The minimum Gasteiger partial charge on any atom is -0.394 e. The highest BCUT2D eigenvalue weighted by atomic mass is 16.5. The molecule has 0 amide bonds. The molecule has 0 aromatic carbocycles. The van der Waals surface area contributed by atoms with Crippen LogP contribution in [0.4, 0.5) is 0 Å². The Morgan fingerprint density at radius 1 is 1.45 bits per heavy atom. The van der Waals surface area contributed by atoms with Gasteiger partial charge in [0.2, 0.25) is 0 Å². The van der Waals surface area contributed by atoms with Gasteiger partial charge in [0.05, 0.1) is 19.3 Å². The molecule has 0 unspecified atom stereocenters. The van der Waals surface area contributed by atoms with Crippen molar-refractivity contribution in [2.75, 3.05) is 13.2 Å². The average molecular weight is 158 g/mol. The maximum Gasteiger partial charge on any atom is 0.103 e. The number of hydrogen-bond acceptors (Lipinski definition) is 3. The van der Waals surface area contributed by atoms with Gasteiger partial charge in [0.1, 0.15) is 6.10 Å². The average Bonchev–Trinajstić information content (AvgIpc) is 2.25. The molecule has 0 radical (unpaired) electrons. The first kappa shape index (κ1) is 7.53. The third-order valence-corrected chi connectivity index (χ3v) is 2.97. The predicted octanol–water partition coefficient (Wildman–Crippen LogP) is -0.235. The Hall–Kier alpha value is -0.120. The van der Waals surface area contributed by atoms with E-state index in [1.54, 1.807) is 0 Å². The van der Waals surface area contributed by atoms with Crippen molar-refractivity contribution in [1.29, 1.82) is 0 Å². The van der Waals surface area contributed by atoms with Crippen LogP contribution in [0.2, 0.25) is 0 Å². The Bertz CT molecular complexity index is 148. The maximum atomic E-state index is 9.30. The lowest BCUT2D eigenvalue weighted by atomic mass is 9.72. The summed E-state index contributed by atoms with van der Waals surface area (Å²) in [6, 6.07) is 0. The largest absolute Gasteiger partial charge is 0.394 e. The molecule has 1 aliphatic heterocycles. The zero-order valence-corrected chi connectivity index (χ0v) is 6.44. The smallest absolute Gasteiger partial charge is 0.103 e. The summed E-state index contributed by atoms with van der Waals surface area (Å²) < 4.78 is 5.38. The lowest BCUT2D eigenvalue weighted by molar-refractivity contribution is -0.0469. The van der Waals surface area contributed by atoms with E-state index in [4.69, 9.17) is 9.84 Å². The minimum absolute atomic E-state index is 0.0845. The standard InChI is InChI=1S/C8H14O3/c9-3-7(10)8-6-2-1-5(6)4-11-8/h5-10H,1-4H2/t5-,6-,7+,8-/m0/s1. The third kappa shape index (κ3) is 1.08. The molecular weight excluding hydrogens is 144 g/mol. The van der Waals surface area contributed by atoms with Crippen LogP contribution < -0.4 is 0 Å². The fourth-order valence-electron chi connectivity index (χ4n) is 2.09. The first-order valence-corrected chi connectivity index (χ1v) is 4.23. The summed E-state index contributed by atoms with van der Waals surface area (Å²) in [5, 5.41) is 18.0. The van der Waals surface area contributed by atoms with Crippen molar-refractivity contribution >= 4 is 0 Å². The second-order valence-corrected chi connectivity index (χ2v) is 3.55. The van der Waals surface area contributed by atoms with E-state index in [9.17, 15) is 5.11 Å². The monoisotopic (exact) mass is 158 g/mol. The van der Waals surface area contributed by atoms with Crippen LogP contribution in [-0.4, -0.2) is 35.6 Å². The summed E-state index contributed by atoms with van der Waals surface area (Å²) in [5.41, 5.74) is 0. The maximum absolute atomic E-state index is 9.30. The van der Waals surface area contributed by atoms with Gasteiger partial charge in [0.15, 0.2) is 0 Å². The van der Waals surface area contributed by atoms with Crippen molar-refractivity contribution in [3.63, 3.8) is 0 Å². The quantitative estimate of drug-likeness (QED) is 0.583. The van der Waals surface area contributed by atoms with Gasteiger partial charge in [-0.3, -0.25) is 0 Å². The van der Waals surface area contributed by atoms with Gasteiger partial charge >= 0.3 is 0 Å². The van der Waals surface area contributed by atoms with E-state index in [1.165, 1.54) is 6.42 Å². The molecule has 0 spiro atoms. The van der Waals surface area contributed by atoms with Crippen molar-refractivity contribution in [2.24, 2.45) is 11.8 Å². The first-order valence-electron chi connectivity index (χ1n) is 4.23. The van der Waals surface area contributed by atoms with E-state index in [1.807, 2.05) is 0 Å². The molecule has 3 heteroatoms. The van der Waals surface area contributed by atoms with Gasteiger partial charge in [-0.15, -0.1) is 0 Å². The molecule has 3 nitrogen and oxygen atoms in total. The van der Waals surface area contributed by atoms with Crippen LogP contribution in [-0.2, 0) is 4.74 Å². The molecule has 2 fully saturated rings. The molecule has 0 aromatic rings. The molecule has 2 N–H and O–H groups in total. The Kier molecular flexibility index (Phi) is 1.87. The van der Waals surface area contributed by atoms with E-state index in [0.717, 1.165) is 13.0 Å². The zero-order valence-electron chi connectivity index (χ0n) is 6.44. The summed E-state index contributed by atoms with van der Waals surface area (Å²) in [7, 11) is 0. The molecule has 0 bridgehead atoms. The fraction of sp³-hybridized carbons (Fsp3) is 1.00. The Labute approximate surface area is 66.0 Å². The topological polar surface area (TPSA) is 49.7 Å². The summed E-state index contributed by atoms with van der Waals surface area (Å²) in [6.45, 7) is 0.611. The molecule has 4 atom stereocenters. The first-order chi connectivity index (χ1) is 5.33. The summed E-state index contributed by atoms with van der Waals surface area (Å²) in [5.74, 6) is 1.19. The van der Waals surface area contributed by atoms with Gasteiger partial charge < -0.3 is 14.9 Å². The van der Waals surface area contributed by atoms with E-state index in [-0.39, 0.29) is 12.7 Å². The Balaban J connectivity index is 1.94. The summed E-state index contributed by atoms with van der Waals surface area (Å²) in [6.07, 6.45) is 1.65. The van der Waals surface area contributed by atoms with Crippen molar-refractivity contribution in [3.05, 3.63) is 0 Å². The molecule has 2 rings (SSSR count). The molecule has 0 aromatic heterocycles. The summed E-state index contributed by atoms with van der Waals surface area (Å²) >= 11 is 0. The van der Waals surface area contributed by atoms with Gasteiger partial charge in [0, 0.05) is 0 Å². The van der Waals surface area contributed by atoms with Gasteiger partial charge in [-0.25, -0.2) is 0 Å². The van der Waals surface area contributed by atoms with Crippen LogP contribution in [0, 0.1) is 11.8 Å². The highest BCUT2D eigenvalue weighted by Gasteiger charge is 2.45. The fourth-order valence-corrected chi connectivity index (χ4v) is 2.09. The van der Waals surface area contributed by atoms with Crippen molar-refractivity contribution < 1.29 is 14.9 Å². The predicted molar refractivity (Wildman–Crippen MR) is 39.0 cm³/mol. The molecule has 1 heterocycles. The minimum atomic E-state index is -0.662. The molecule has 11 heavy (non-hydrogen) atoms. The van der Waals surface area contributed by atoms with Crippen LogP contribution in [0.25, 0.3) is 0 Å². The molecule has 1 aliphatic carbocycles. The summed E-state index contributed by atoms with van der Waals surface area (Å²) in [4.78, 5) is 0. The van der Waals surface area contributed by atoms with E-state index < -0.39 is 6.10 Å². The van der Waals surface area contributed by atoms with Gasteiger partial charge in [-0.2, -0.15) is 0 Å². The number of aliphatic hydroxyl groups is 2. The normalized spacial score (nSPS) is 44.7. The van der Waals surface area contributed by atoms with E-state index in [2.05, 4.69) is 0 Å². The second kappa shape index (κ2) is 2.73. The number of ether oxygens (including phenoxy) is 1. The van der Waals surface area contributed by atoms with Crippen molar-refractivity contribution in [2.45, 2.75) is 25.0 Å². The number of aliphatic hydroxyl groups excluding tert-OH is 2. The number of hydrogen-bond donors (Lipinski definition) is 2.